The fourth-order valence-electron chi connectivity index (χ4n) is 4.20. The third kappa shape index (κ3) is 1.60. The number of rotatable bonds is 1. The summed E-state index contributed by atoms with van der Waals surface area (Å²) in [6.07, 6.45) is -0.779. The van der Waals surface area contributed by atoms with Crippen molar-refractivity contribution in [2.24, 2.45) is 5.92 Å². The highest BCUT2D eigenvalue weighted by Gasteiger charge is 2.69. The van der Waals surface area contributed by atoms with Crippen LogP contribution in [0.2, 0.25) is 0 Å². The van der Waals surface area contributed by atoms with E-state index in [4.69, 9.17) is 9.47 Å². The molecule has 6 atom stereocenters. The lowest BCUT2D eigenvalue weighted by Gasteiger charge is -2.61. The average Bonchev–Trinajstić information content (AvgIpc) is 2.32. The van der Waals surface area contributed by atoms with Gasteiger partial charge in [0.1, 0.15) is 11.7 Å². The van der Waals surface area contributed by atoms with E-state index in [1.165, 1.54) is 7.11 Å². The second kappa shape index (κ2) is 4.15. The zero-order chi connectivity index (χ0) is 13.8. The van der Waals surface area contributed by atoms with Gasteiger partial charge in [0, 0.05) is 19.4 Å². The van der Waals surface area contributed by atoms with Gasteiger partial charge in [-0.3, -0.25) is 4.79 Å². The first-order chi connectivity index (χ1) is 8.92. The van der Waals surface area contributed by atoms with Crippen LogP contribution in [-0.4, -0.2) is 57.9 Å². The Kier molecular flexibility index (Phi) is 2.91. The van der Waals surface area contributed by atoms with Crippen molar-refractivity contribution in [1.82, 2.24) is 0 Å². The Morgan fingerprint density at radius 3 is 2.84 bits per heavy atom. The zero-order valence-electron chi connectivity index (χ0n) is 10.9. The summed E-state index contributed by atoms with van der Waals surface area (Å²) >= 11 is 0. The van der Waals surface area contributed by atoms with E-state index in [9.17, 15) is 20.1 Å². The van der Waals surface area contributed by atoms with Gasteiger partial charge in [-0.2, -0.15) is 0 Å². The first kappa shape index (κ1) is 13.3. The summed E-state index contributed by atoms with van der Waals surface area (Å²) in [5.74, 6) is -0.734. The molecule has 6 heteroatoms. The third-order valence-corrected chi connectivity index (χ3v) is 5.11. The van der Waals surface area contributed by atoms with Crippen LogP contribution in [0.3, 0.4) is 0 Å². The van der Waals surface area contributed by atoms with Crippen molar-refractivity contribution in [3.63, 3.8) is 0 Å². The predicted molar refractivity (Wildman–Crippen MR) is 63.2 cm³/mol. The molecule has 2 aliphatic carbocycles. The maximum atomic E-state index is 11.7. The molecule has 3 aliphatic rings. The van der Waals surface area contributed by atoms with Crippen molar-refractivity contribution in [1.29, 1.82) is 0 Å². The Morgan fingerprint density at radius 2 is 2.16 bits per heavy atom. The molecule has 0 bridgehead atoms. The number of carbonyl (C=O) groups is 1. The van der Waals surface area contributed by atoms with Crippen molar-refractivity contribution in [2.75, 3.05) is 7.11 Å². The van der Waals surface area contributed by atoms with Crippen LogP contribution in [-0.2, 0) is 14.3 Å². The SMILES string of the molecule is COC1C(O)CC2(O)CCCC3CC(=O)OC1C32O. The predicted octanol–water partition coefficient (Wildman–Crippen LogP) is -0.656. The van der Waals surface area contributed by atoms with E-state index >= 15 is 0 Å². The number of ether oxygens (including phenoxy) is 2. The molecule has 0 radical (unpaired) electrons. The second-order valence-electron chi connectivity index (χ2n) is 6.03. The van der Waals surface area contributed by atoms with Gasteiger partial charge in [-0.15, -0.1) is 0 Å². The summed E-state index contributed by atoms with van der Waals surface area (Å²) in [6, 6.07) is 0. The molecule has 0 amide bonds. The highest BCUT2D eigenvalue weighted by molar-refractivity contribution is 5.71. The van der Waals surface area contributed by atoms with Crippen LogP contribution < -0.4 is 0 Å². The largest absolute Gasteiger partial charge is 0.456 e. The van der Waals surface area contributed by atoms with E-state index in [1.807, 2.05) is 0 Å². The molecule has 19 heavy (non-hydrogen) atoms. The molecule has 1 saturated heterocycles. The fourth-order valence-corrected chi connectivity index (χ4v) is 4.20. The van der Waals surface area contributed by atoms with Crippen LogP contribution >= 0.6 is 0 Å². The average molecular weight is 272 g/mol. The Balaban J connectivity index is 2.06. The van der Waals surface area contributed by atoms with Gasteiger partial charge in [-0.25, -0.2) is 0 Å². The first-order valence-electron chi connectivity index (χ1n) is 6.77. The molecular formula is C13H20O6. The van der Waals surface area contributed by atoms with Crippen LogP contribution in [0.25, 0.3) is 0 Å². The van der Waals surface area contributed by atoms with Crippen LogP contribution in [0.15, 0.2) is 0 Å². The second-order valence-corrected chi connectivity index (χ2v) is 6.03. The number of esters is 1. The summed E-state index contributed by atoms with van der Waals surface area (Å²) in [7, 11) is 1.40. The zero-order valence-corrected chi connectivity index (χ0v) is 10.9. The minimum atomic E-state index is -1.51. The first-order valence-corrected chi connectivity index (χ1v) is 6.77. The molecule has 0 aromatic heterocycles. The van der Waals surface area contributed by atoms with Crippen LogP contribution in [0, 0.1) is 5.92 Å². The highest BCUT2D eigenvalue weighted by atomic mass is 16.6. The van der Waals surface area contributed by atoms with Crippen molar-refractivity contribution >= 4 is 5.97 Å². The Bertz CT molecular complexity index is 399. The van der Waals surface area contributed by atoms with E-state index in [2.05, 4.69) is 0 Å². The van der Waals surface area contributed by atoms with E-state index in [0.29, 0.717) is 12.8 Å². The van der Waals surface area contributed by atoms with Gasteiger partial charge in [0.05, 0.1) is 18.1 Å². The molecule has 6 nitrogen and oxygen atoms in total. The number of aliphatic hydroxyl groups excluding tert-OH is 1. The van der Waals surface area contributed by atoms with E-state index in [-0.39, 0.29) is 18.8 Å². The summed E-state index contributed by atoms with van der Waals surface area (Å²) < 4.78 is 10.4. The molecule has 0 spiro atoms. The lowest BCUT2D eigenvalue weighted by atomic mass is 9.55. The lowest BCUT2D eigenvalue weighted by Crippen LogP contribution is -2.77. The smallest absolute Gasteiger partial charge is 0.306 e. The molecule has 1 heterocycles. The molecule has 3 N–H and O–H groups in total. The Hall–Kier alpha value is -0.690. The fraction of sp³-hybridized carbons (Fsp3) is 0.923. The number of methoxy groups -OCH3 is 1. The lowest BCUT2D eigenvalue weighted by molar-refractivity contribution is -0.322. The molecule has 3 fully saturated rings. The third-order valence-electron chi connectivity index (χ3n) is 5.11. The van der Waals surface area contributed by atoms with Gasteiger partial charge in [0.2, 0.25) is 0 Å². The minimum Gasteiger partial charge on any atom is -0.456 e. The van der Waals surface area contributed by atoms with Crippen LogP contribution in [0.5, 0.6) is 0 Å². The van der Waals surface area contributed by atoms with Gasteiger partial charge in [-0.1, -0.05) is 6.42 Å². The van der Waals surface area contributed by atoms with Crippen molar-refractivity contribution in [2.45, 2.75) is 61.6 Å². The number of carbonyl (C=O) groups excluding carboxylic acids is 1. The van der Waals surface area contributed by atoms with E-state index < -0.39 is 35.5 Å². The van der Waals surface area contributed by atoms with Crippen LogP contribution in [0.4, 0.5) is 0 Å². The standard InChI is InChI=1S/C13H20O6/c1-18-10-8(14)6-12(16)4-2-3-7-5-9(15)19-11(10)13(7,12)17/h7-8,10-11,14,16-17H,2-6H2,1H3. The molecule has 108 valence electrons. The Morgan fingerprint density at radius 1 is 1.42 bits per heavy atom. The molecule has 3 rings (SSSR count). The van der Waals surface area contributed by atoms with Gasteiger partial charge in [0.15, 0.2) is 6.10 Å². The quantitative estimate of drug-likeness (QED) is 0.549. The number of hydrogen-bond acceptors (Lipinski definition) is 6. The summed E-state index contributed by atoms with van der Waals surface area (Å²) in [4.78, 5) is 11.7. The van der Waals surface area contributed by atoms with Crippen molar-refractivity contribution in [3.8, 4) is 0 Å². The molecule has 0 aromatic rings. The maximum Gasteiger partial charge on any atom is 0.306 e. The summed E-state index contributed by atoms with van der Waals surface area (Å²) in [5, 5.41) is 31.9. The topological polar surface area (TPSA) is 96.2 Å². The highest BCUT2D eigenvalue weighted by Crippen LogP contribution is 2.54. The van der Waals surface area contributed by atoms with Gasteiger partial charge >= 0.3 is 5.97 Å². The number of aliphatic hydroxyl groups is 3. The molecule has 1 aliphatic heterocycles. The van der Waals surface area contributed by atoms with Crippen LogP contribution in [0.1, 0.15) is 32.1 Å². The van der Waals surface area contributed by atoms with Crippen molar-refractivity contribution in [3.05, 3.63) is 0 Å². The van der Waals surface area contributed by atoms with Crippen molar-refractivity contribution < 1.29 is 29.6 Å². The van der Waals surface area contributed by atoms with Gasteiger partial charge < -0.3 is 24.8 Å². The Labute approximate surface area is 111 Å². The molecule has 6 unspecified atom stereocenters. The normalized spacial score (nSPS) is 53.4. The minimum absolute atomic E-state index is 0.0482. The molecular weight excluding hydrogens is 252 g/mol. The molecule has 0 aromatic carbocycles. The number of hydrogen-bond donors (Lipinski definition) is 3. The van der Waals surface area contributed by atoms with E-state index in [1.54, 1.807) is 0 Å². The van der Waals surface area contributed by atoms with Gasteiger partial charge in [0.25, 0.3) is 0 Å². The summed E-state index contributed by atoms with van der Waals surface area (Å²) in [5.41, 5.74) is -2.92. The molecule has 2 saturated carbocycles. The monoisotopic (exact) mass is 272 g/mol. The maximum absolute atomic E-state index is 11.7. The van der Waals surface area contributed by atoms with E-state index in [0.717, 1.165) is 6.42 Å². The summed E-state index contributed by atoms with van der Waals surface area (Å²) in [6.45, 7) is 0. The van der Waals surface area contributed by atoms with Gasteiger partial charge in [-0.05, 0) is 12.8 Å².